The smallest absolute Gasteiger partial charge is 0.204 e. The number of aromatic nitrogens is 1. The molecule has 0 radical (unpaired) electrons. The zero-order valence-corrected chi connectivity index (χ0v) is 13.6. The van der Waals surface area contributed by atoms with Crippen LogP contribution in [0.25, 0.3) is 11.0 Å². The highest BCUT2D eigenvalue weighted by atomic mass is 79.9. The molecule has 0 amide bonds. The third kappa shape index (κ3) is 2.63. The Morgan fingerprint density at radius 2 is 2.29 bits per heavy atom. The topological polar surface area (TPSA) is 65.1 Å². The van der Waals surface area contributed by atoms with Crippen molar-refractivity contribution in [2.24, 2.45) is 0 Å². The molecule has 1 N–H and O–H groups in total. The molecule has 6 heteroatoms. The molecule has 2 atom stereocenters. The van der Waals surface area contributed by atoms with Crippen LogP contribution in [0.1, 0.15) is 25.0 Å². The highest BCUT2D eigenvalue weighted by molar-refractivity contribution is 9.10. The van der Waals surface area contributed by atoms with Gasteiger partial charge in [-0.1, -0.05) is 0 Å². The monoisotopic (exact) mass is 348 g/mol. The van der Waals surface area contributed by atoms with Crippen LogP contribution in [-0.4, -0.2) is 36.1 Å². The standard InChI is InChI=1S/C15H17BrN4O/c1-20(2)12-5-3-4-11(12)19-15-14(16)10-6-9(7-17)21-13(10)8-18-15/h6,8,11-12H,3-5H2,1-2H3,(H,18,19)/t11-,12+/m0/s1. The number of hydrogen-bond acceptors (Lipinski definition) is 5. The second-order valence-corrected chi connectivity index (χ2v) is 6.43. The summed E-state index contributed by atoms with van der Waals surface area (Å²) in [5.41, 5.74) is 0.625. The molecule has 5 nitrogen and oxygen atoms in total. The zero-order valence-electron chi connectivity index (χ0n) is 12.1. The van der Waals surface area contributed by atoms with Crippen molar-refractivity contribution < 1.29 is 4.42 Å². The van der Waals surface area contributed by atoms with Crippen molar-refractivity contribution in [2.75, 3.05) is 19.4 Å². The molecule has 0 aliphatic heterocycles. The summed E-state index contributed by atoms with van der Waals surface area (Å²) in [7, 11) is 4.23. The van der Waals surface area contributed by atoms with E-state index in [4.69, 9.17) is 9.68 Å². The zero-order chi connectivity index (χ0) is 15.0. The molecule has 1 saturated carbocycles. The van der Waals surface area contributed by atoms with Gasteiger partial charge in [-0.3, -0.25) is 0 Å². The lowest BCUT2D eigenvalue weighted by atomic mass is 10.1. The summed E-state index contributed by atoms with van der Waals surface area (Å²) in [6.07, 6.45) is 5.24. The number of anilines is 1. The number of nitrogens with one attached hydrogen (secondary N) is 1. The average molecular weight is 349 g/mol. The van der Waals surface area contributed by atoms with Crippen molar-refractivity contribution in [1.82, 2.24) is 9.88 Å². The molecule has 0 unspecified atom stereocenters. The SMILES string of the molecule is CN(C)[C@@H]1CCC[C@@H]1Nc1ncc2oc(C#N)cc2c1Br. The van der Waals surface area contributed by atoms with Crippen LogP contribution >= 0.6 is 15.9 Å². The molecular formula is C15H17BrN4O. The maximum Gasteiger partial charge on any atom is 0.204 e. The average Bonchev–Trinajstić information content (AvgIpc) is 3.08. The van der Waals surface area contributed by atoms with Crippen LogP contribution in [0, 0.1) is 11.3 Å². The van der Waals surface area contributed by atoms with Crippen LogP contribution in [0.5, 0.6) is 0 Å². The van der Waals surface area contributed by atoms with E-state index in [0.29, 0.717) is 23.4 Å². The summed E-state index contributed by atoms with van der Waals surface area (Å²) in [6.45, 7) is 0. The summed E-state index contributed by atoms with van der Waals surface area (Å²) in [6, 6.07) is 4.67. The fraction of sp³-hybridized carbons (Fsp3) is 0.467. The molecule has 0 aromatic carbocycles. The van der Waals surface area contributed by atoms with Crippen LogP contribution in [0.2, 0.25) is 0 Å². The number of furan rings is 1. The fourth-order valence-electron chi connectivity index (χ4n) is 3.04. The Hall–Kier alpha value is -1.58. The van der Waals surface area contributed by atoms with Crippen LogP contribution in [0.4, 0.5) is 5.82 Å². The van der Waals surface area contributed by atoms with Gasteiger partial charge < -0.3 is 14.6 Å². The van der Waals surface area contributed by atoms with Gasteiger partial charge in [0.1, 0.15) is 11.9 Å². The van der Waals surface area contributed by atoms with E-state index >= 15 is 0 Å². The highest BCUT2D eigenvalue weighted by Crippen LogP contribution is 2.34. The third-order valence-electron chi connectivity index (χ3n) is 4.09. The Kier molecular flexibility index (Phi) is 3.87. The van der Waals surface area contributed by atoms with Crippen LogP contribution < -0.4 is 5.32 Å². The summed E-state index contributed by atoms with van der Waals surface area (Å²) in [5, 5.41) is 13.3. The first kappa shape index (κ1) is 14.4. The number of hydrogen-bond donors (Lipinski definition) is 1. The van der Waals surface area contributed by atoms with Crippen LogP contribution in [0.15, 0.2) is 21.2 Å². The minimum atomic E-state index is 0.302. The first-order valence-electron chi connectivity index (χ1n) is 7.01. The van der Waals surface area contributed by atoms with Gasteiger partial charge in [-0.05, 0) is 49.3 Å². The first-order valence-corrected chi connectivity index (χ1v) is 7.80. The number of fused-ring (bicyclic) bond motifs is 1. The van der Waals surface area contributed by atoms with Crippen LogP contribution in [0.3, 0.4) is 0 Å². The minimum absolute atomic E-state index is 0.302. The first-order chi connectivity index (χ1) is 10.1. The molecule has 0 saturated heterocycles. The van der Waals surface area contributed by atoms with Gasteiger partial charge in [0, 0.05) is 23.5 Å². The molecule has 1 aliphatic rings. The molecule has 2 aromatic rings. The van der Waals surface area contributed by atoms with Gasteiger partial charge in [0.05, 0.1) is 10.7 Å². The predicted molar refractivity (Wildman–Crippen MR) is 85.2 cm³/mol. The Bertz CT molecular complexity index is 703. The van der Waals surface area contributed by atoms with Crippen molar-refractivity contribution >= 4 is 32.7 Å². The Balaban J connectivity index is 1.91. The Labute approximate surface area is 132 Å². The summed E-state index contributed by atoms with van der Waals surface area (Å²) in [4.78, 5) is 6.70. The molecule has 0 bridgehead atoms. The van der Waals surface area contributed by atoms with E-state index in [1.165, 1.54) is 12.8 Å². The Morgan fingerprint density at radius 1 is 1.48 bits per heavy atom. The number of nitrogens with zero attached hydrogens (tertiary/aromatic N) is 3. The van der Waals surface area contributed by atoms with Gasteiger partial charge in [-0.2, -0.15) is 5.26 Å². The van der Waals surface area contributed by atoms with E-state index in [1.807, 2.05) is 6.07 Å². The minimum Gasteiger partial charge on any atom is -0.444 e. The molecule has 21 heavy (non-hydrogen) atoms. The molecule has 1 fully saturated rings. The lowest BCUT2D eigenvalue weighted by Crippen LogP contribution is -2.39. The molecule has 2 heterocycles. The predicted octanol–water partition coefficient (Wildman–Crippen LogP) is 3.36. The second kappa shape index (κ2) is 5.66. The van der Waals surface area contributed by atoms with Crippen molar-refractivity contribution in [2.45, 2.75) is 31.3 Å². The number of likely N-dealkylation sites (N-methyl/N-ethyl adjacent to an activating group) is 1. The van der Waals surface area contributed by atoms with Crippen molar-refractivity contribution in [3.8, 4) is 6.07 Å². The molecule has 3 rings (SSSR count). The van der Waals surface area contributed by atoms with Gasteiger partial charge in [0.25, 0.3) is 0 Å². The largest absolute Gasteiger partial charge is 0.444 e. The maximum absolute atomic E-state index is 8.92. The molecule has 1 aliphatic carbocycles. The van der Waals surface area contributed by atoms with Gasteiger partial charge in [0.2, 0.25) is 5.76 Å². The summed E-state index contributed by atoms with van der Waals surface area (Å²) >= 11 is 3.58. The normalized spacial score (nSPS) is 21.9. The molecular weight excluding hydrogens is 332 g/mol. The van der Waals surface area contributed by atoms with Crippen LogP contribution in [-0.2, 0) is 0 Å². The van der Waals surface area contributed by atoms with E-state index in [-0.39, 0.29) is 0 Å². The quantitative estimate of drug-likeness (QED) is 0.921. The lowest BCUT2D eigenvalue weighted by molar-refractivity contribution is 0.285. The van der Waals surface area contributed by atoms with Crippen molar-refractivity contribution in [1.29, 1.82) is 5.26 Å². The van der Waals surface area contributed by atoms with Gasteiger partial charge >= 0.3 is 0 Å². The maximum atomic E-state index is 8.92. The molecule has 0 spiro atoms. The van der Waals surface area contributed by atoms with Crippen molar-refractivity contribution in [3.63, 3.8) is 0 Å². The van der Waals surface area contributed by atoms with E-state index in [2.05, 4.69) is 45.2 Å². The summed E-state index contributed by atoms with van der Waals surface area (Å²) < 4.78 is 6.25. The van der Waals surface area contributed by atoms with Gasteiger partial charge in [0.15, 0.2) is 5.58 Å². The van der Waals surface area contributed by atoms with E-state index < -0.39 is 0 Å². The Morgan fingerprint density at radius 3 is 3.00 bits per heavy atom. The number of nitriles is 1. The summed E-state index contributed by atoms with van der Waals surface area (Å²) in [5.74, 6) is 1.11. The molecule has 2 aromatic heterocycles. The van der Waals surface area contributed by atoms with E-state index in [0.717, 1.165) is 22.1 Å². The van der Waals surface area contributed by atoms with Gasteiger partial charge in [-0.15, -0.1) is 0 Å². The molecule has 110 valence electrons. The highest BCUT2D eigenvalue weighted by Gasteiger charge is 2.29. The van der Waals surface area contributed by atoms with Gasteiger partial charge in [-0.25, -0.2) is 4.98 Å². The van der Waals surface area contributed by atoms with E-state index in [9.17, 15) is 0 Å². The fourth-order valence-corrected chi connectivity index (χ4v) is 3.56. The number of rotatable bonds is 3. The third-order valence-corrected chi connectivity index (χ3v) is 4.89. The number of pyridine rings is 1. The number of halogens is 1. The lowest BCUT2D eigenvalue weighted by Gasteiger charge is -2.27. The second-order valence-electron chi connectivity index (χ2n) is 5.63. The van der Waals surface area contributed by atoms with E-state index in [1.54, 1.807) is 12.3 Å². The van der Waals surface area contributed by atoms with Crippen molar-refractivity contribution in [3.05, 3.63) is 22.5 Å².